The fraction of sp³-hybridized carbons (Fsp3) is 0.188. The number of carbonyl (C=O) groups excluding carboxylic acids is 1. The van der Waals surface area contributed by atoms with Crippen LogP contribution in [0, 0.1) is 19.7 Å². The minimum Gasteiger partial charge on any atom is -0.326 e. The van der Waals surface area contributed by atoms with Crippen molar-refractivity contribution >= 4 is 11.6 Å². The van der Waals surface area contributed by atoms with Crippen LogP contribution < -0.4 is 5.32 Å². The molecule has 2 rings (SSSR count). The van der Waals surface area contributed by atoms with Gasteiger partial charge in [-0.3, -0.25) is 4.79 Å². The normalized spacial score (nSPS) is 10.3. The summed E-state index contributed by atoms with van der Waals surface area (Å²) >= 11 is 0. The first kappa shape index (κ1) is 13.3. The van der Waals surface area contributed by atoms with Crippen molar-refractivity contribution in [2.75, 3.05) is 5.32 Å². The second-order valence-corrected chi connectivity index (χ2v) is 4.67. The number of benzene rings is 2. The molecule has 0 aliphatic heterocycles. The SMILES string of the molecule is CC(=O)Nc1ccc(F)cc1-c1ccc(C)c(C)c1. The Balaban J connectivity index is 2.55. The highest BCUT2D eigenvalue weighted by Crippen LogP contribution is 2.30. The van der Waals surface area contributed by atoms with Crippen LogP contribution in [-0.4, -0.2) is 5.91 Å². The van der Waals surface area contributed by atoms with Crippen molar-refractivity contribution in [3.63, 3.8) is 0 Å². The van der Waals surface area contributed by atoms with E-state index in [1.54, 1.807) is 6.07 Å². The summed E-state index contributed by atoms with van der Waals surface area (Å²) in [6.07, 6.45) is 0. The van der Waals surface area contributed by atoms with Gasteiger partial charge in [-0.05, 0) is 48.7 Å². The molecule has 0 radical (unpaired) electrons. The molecule has 0 unspecified atom stereocenters. The van der Waals surface area contributed by atoms with Crippen molar-refractivity contribution in [3.05, 3.63) is 53.3 Å². The Kier molecular flexibility index (Phi) is 3.65. The minimum absolute atomic E-state index is 0.170. The lowest BCUT2D eigenvalue weighted by Crippen LogP contribution is -2.07. The summed E-state index contributed by atoms with van der Waals surface area (Å²) in [7, 11) is 0. The maximum Gasteiger partial charge on any atom is 0.221 e. The van der Waals surface area contributed by atoms with Gasteiger partial charge in [0.2, 0.25) is 5.91 Å². The highest BCUT2D eigenvalue weighted by molar-refractivity contribution is 5.94. The molecule has 1 N–H and O–H groups in total. The molecule has 19 heavy (non-hydrogen) atoms. The molecule has 0 saturated carbocycles. The van der Waals surface area contributed by atoms with E-state index in [1.807, 2.05) is 32.0 Å². The number of aryl methyl sites for hydroxylation is 2. The van der Waals surface area contributed by atoms with Crippen molar-refractivity contribution in [2.24, 2.45) is 0 Å². The molecule has 2 nitrogen and oxygen atoms in total. The summed E-state index contributed by atoms with van der Waals surface area (Å²) in [5.41, 5.74) is 4.53. The number of rotatable bonds is 2. The van der Waals surface area contributed by atoms with E-state index in [2.05, 4.69) is 5.32 Å². The lowest BCUT2D eigenvalue weighted by atomic mass is 9.99. The Morgan fingerprint density at radius 2 is 1.79 bits per heavy atom. The van der Waals surface area contributed by atoms with E-state index in [9.17, 15) is 9.18 Å². The van der Waals surface area contributed by atoms with Gasteiger partial charge < -0.3 is 5.32 Å². The zero-order valence-corrected chi connectivity index (χ0v) is 11.3. The van der Waals surface area contributed by atoms with Crippen LogP contribution in [0.2, 0.25) is 0 Å². The third kappa shape index (κ3) is 2.99. The molecule has 0 aromatic heterocycles. The summed E-state index contributed by atoms with van der Waals surface area (Å²) < 4.78 is 13.4. The van der Waals surface area contributed by atoms with E-state index in [1.165, 1.54) is 24.6 Å². The summed E-state index contributed by atoms with van der Waals surface area (Å²) in [5, 5.41) is 2.73. The van der Waals surface area contributed by atoms with Crippen LogP contribution in [-0.2, 0) is 4.79 Å². The topological polar surface area (TPSA) is 29.1 Å². The molecule has 2 aromatic carbocycles. The third-order valence-electron chi connectivity index (χ3n) is 3.11. The molecule has 98 valence electrons. The maximum absolute atomic E-state index is 13.4. The average molecular weight is 257 g/mol. The Morgan fingerprint density at radius 3 is 2.42 bits per heavy atom. The van der Waals surface area contributed by atoms with E-state index in [0.717, 1.165) is 11.1 Å². The molecule has 2 aromatic rings. The van der Waals surface area contributed by atoms with Gasteiger partial charge in [0.1, 0.15) is 5.82 Å². The monoisotopic (exact) mass is 257 g/mol. The number of hydrogen-bond acceptors (Lipinski definition) is 1. The van der Waals surface area contributed by atoms with Crippen molar-refractivity contribution in [1.82, 2.24) is 0 Å². The van der Waals surface area contributed by atoms with Crippen LogP contribution in [0.1, 0.15) is 18.1 Å². The zero-order valence-electron chi connectivity index (χ0n) is 11.3. The molecule has 0 bridgehead atoms. The quantitative estimate of drug-likeness (QED) is 0.863. The second-order valence-electron chi connectivity index (χ2n) is 4.67. The Labute approximate surface area is 112 Å². The molecular weight excluding hydrogens is 241 g/mol. The van der Waals surface area contributed by atoms with Gasteiger partial charge >= 0.3 is 0 Å². The van der Waals surface area contributed by atoms with Gasteiger partial charge in [0.05, 0.1) is 0 Å². The van der Waals surface area contributed by atoms with E-state index < -0.39 is 0 Å². The van der Waals surface area contributed by atoms with Gasteiger partial charge in [-0.25, -0.2) is 4.39 Å². The first-order valence-electron chi connectivity index (χ1n) is 6.12. The average Bonchev–Trinajstić information content (AvgIpc) is 2.34. The Bertz CT molecular complexity index is 635. The largest absolute Gasteiger partial charge is 0.326 e. The van der Waals surface area contributed by atoms with E-state index in [-0.39, 0.29) is 11.7 Å². The molecule has 0 heterocycles. The van der Waals surface area contributed by atoms with E-state index >= 15 is 0 Å². The predicted octanol–water partition coefficient (Wildman–Crippen LogP) is 4.07. The lowest BCUT2D eigenvalue weighted by molar-refractivity contribution is -0.114. The van der Waals surface area contributed by atoms with Crippen LogP contribution in [0.5, 0.6) is 0 Å². The number of amides is 1. The van der Waals surface area contributed by atoms with Gasteiger partial charge in [0.25, 0.3) is 0 Å². The first-order chi connectivity index (χ1) is 8.97. The maximum atomic E-state index is 13.4. The van der Waals surface area contributed by atoms with Crippen LogP contribution in [0.3, 0.4) is 0 Å². The smallest absolute Gasteiger partial charge is 0.221 e. The van der Waals surface area contributed by atoms with Crippen LogP contribution in [0.15, 0.2) is 36.4 Å². The van der Waals surface area contributed by atoms with E-state index in [4.69, 9.17) is 0 Å². The standard InChI is InChI=1S/C16H16FNO/c1-10-4-5-13(8-11(10)2)15-9-14(17)6-7-16(15)18-12(3)19/h4-9H,1-3H3,(H,18,19). The van der Waals surface area contributed by atoms with Crippen molar-refractivity contribution < 1.29 is 9.18 Å². The predicted molar refractivity (Wildman–Crippen MR) is 75.6 cm³/mol. The summed E-state index contributed by atoms with van der Waals surface area (Å²) in [5.74, 6) is -0.487. The fourth-order valence-corrected chi connectivity index (χ4v) is 1.96. The molecule has 0 spiro atoms. The molecule has 0 fully saturated rings. The fourth-order valence-electron chi connectivity index (χ4n) is 1.96. The summed E-state index contributed by atoms with van der Waals surface area (Å²) in [4.78, 5) is 11.2. The number of nitrogens with one attached hydrogen (secondary N) is 1. The van der Waals surface area contributed by atoms with Gasteiger partial charge in [-0.15, -0.1) is 0 Å². The Morgan fingerprint density at radius 1 is 1.05 bits per heavy atom. The lowest BCUT2D eigenvalue weighted by Gasteiger charge is -2.12. The third-order valence-corrected chi connectivity index (χ3v) is 3.11. The Hall–Kier alpha value is -2.16. The summed E-state index contributed by atoms with van der Waals surface area (Å²) in [6.45, 7) is 5.48. The molecule has 0 aliphatic rings. The van der Waals surface area contributed by atoms with Crippen molar-refractivity contribution in [3.8, 4) is 11.1 Å². The van der Waals surface area contributed by atoms with Gasteiger partial charge in [-0.2, -0.15) is 0 Å². The van der Waals surface area contributed by atoms with Crippen LogP contribution in [0.4, 0.5) is 10.1 Å². The van der Waals surface area contributed by atoms with Crippen LogP contribution >= 0.6 is 0 Å². The molecule has 0 saturated heterocycles. The zero-order chi connectivity index (χ0) is 14.0. The molecule has 0 atom stereocenters. The van der Waals surface area contributed by atoms with E-state index in [0.29, 0.717) is 11.3 Å². The molecule has 0 aliphatic carbocycles. The van der Waals surface area contributed by atoms with Crippen molar-refractivity contribution in [2.45, 2.75) is 20.8 Å². The minimum atomic E-state index is -0.317. The first-order valence-corrected chi connectivity index (χ1v) is 6.12. The highest BCUT2D eigenvalue weighted by atomic mass is 19.1. The van der Waals surface area contributed by atoms with Crippen molar-refractivity contribution in [1.29, 1.82) is 0 Å². The molecule has 1 amide bonds. The van der Waals surface area contributed by atoms with Gasteiger partial charge in [-0.1, -0.05) is 18.2 Å². The number of anilines is 1. The number of hydrogen-bond donors (Lipinski definition) is 1. The molecular formula is C16H16FNO. The van der Waals surface area contributed by atoms with Gasteiger partial charge in [0.15, 0.2) is 0 Å². The van der Waals surface area contributed by atoms with Crippen LogP contribution in [0.25, 0.3) is 11.1 Å². The second kappa shape index (κ2) is 5.22. The molecule has 3 heteroatoms. The highest BCUT2D eigenvalue weighted by Gasteiger charge is 2.09. The van der Waals surface area contributed by atoms with Gasteiger partial charge in [0, 0.05) is 18.2 Å². The summed E-state index contributed by atoms with van der Waals surface area (Å²) in [6, 6.07) is 10.3. The number of halogens is 1. The number of carbonyl (C=O) groups is 1.